The van der Waals surface area contributed by atoms with Crippen LogP contribution in [0, 0.1) is 12.8 Å². The monoisotopic (exact) mass is 450 g/mol. The second kappa shape index (κ2) is 11.1. The molecule has 0 heterocycles. The highest BCUT2D eigenvalue weighted by atomic mass is 32.2. The van der Waals surface area contributed by atoms with Gasteiger partial charge < -0.3 is 13.6 Å². The van der Waals surface area contributed by atoms with Crippen LogP contribution in [0.3, 0.4) is 0 Å². The Morgan fingerprint density at radius 3 is 2.03 bits per heavy atom. The van der Waals surface area contributed by atoms with Gasteiger partial charge in [-0.2, -0.15) is 0 Å². The van der Waals surface area contributed by atoms with Gasteiger partial charge in [-0.15, -0.1) is 0 Å². The lowest BCUT2D eigenvalue weighted by Crippen LogP contribution is -2.41. The Balaban J connectivity index is 1.92. The average molecular weight is 451 g/mol. The van der Waals surface area contributed by atoms with Crippen LogP contribution in [-0.2, 0) is 24.4 Å². The highest BCUT2D eigenvalue weighted by molar-refractivity contribution is 7.90. The topological polar surface area (TPSA) is 61.8 Å². The summed E-state index contributed by atoms with van der Waals surface area (Å²) in [6.07, 6.45) is 0. The highest BCUT2D eigenvalue weighted by Gasteiger charge is 2.33. The molecule has 0 N–H and O–H groups in total. The lowest BCUT2D eigenvalue weighted by Gasteiger charge is -2.28. The van der Waals surface area contributed by atoms with Crippen molar-refractivity contribution in [1.82, 2.24) is 0 Å². The molecule has 166 valence electrons. The zero-order chi connectivity index (χ0) is 22.2. The normalized spacial score (nSPS) is 13.2. The van der Waals surface area contributed by atoms with Crippen molar-refractivity contribution < 1.29 is 22.0 Å². The maximum atomic E-state index is 12.6. The fourth-order valence-corrected chi connectivity index (χ4v) is 7.70. The van der Waals surface area contributed by atoms with Crippen molar-refractivity contribution in [3.8, 4) is 5.75 Å². The molecule has 0 saturated heterocycles. The van der Waals surface area contributed by atoms with Crippen molar-refractivity contribution in [3.63, 3.8) is 0 Å². The van der Waals surface area contributed by atoms with E-state index >= 15 is 0 Å². The van der Waals surface area contributed by atoms with Crippen LogP contribution in [-0.4, -0.2) is 36.8 Å². The van der Waals surface area contributed by atoms with Gasteiger partial charge in [0.2, 0.25) is 0 Å². The Morgan fingerprint density at radius 2 is 1.50 bits per heavy atom. The van der Waals surface area contributed by atoms with Crippen LogP contribution in [0.25, 0.3) is 0 Å². The first-order valence-corrected chi connectivity index (χ1v) is 14.6. The van der Waals surface area contributed by atoms with Crippen LogP contribution in [0.1, 0.15) is 31.9 Å². The molecule has 0 bridgehead atoms. The van der Waals surface area contributed by atoms with Gasteiger partial charge in [0.05, 0.1) is 17.3 Å². The first kappa shape index (κ1) is 24.6. The fourth-order valence-electron chi connectivity index (χ4n) is 3.43. The van der Waals surface area contributed by atoms with Crippen LogP contribution in [0.5, 0.6) is 5.75 Å². The van der Waals surface area contributed by atoms with E-state index in [0.717, 1.165) is 22.9 Å². The summed E-state index contributed by atoms with van der Waals surface area (Å²) < 4.78 is 42.9. The molecule has 0 radical (unpaired) electrons. The molecule has 5 nitrogen and oxygen atoms in total. The third-order valence-electron chi connectivity index (χ3n) is 4.81. The van der Waals surface area contributed by atoms with Crippen LogP contribution in [0.2, 0.25) is 12.6 Å². The van der Waals surface area contributed by atoms with Gasteiger partial charge >= 0.3 is 8.56 Å². The van der Waals surface area contributed by atoms with Gasteiger partial charge in [-0.1, -0.05) is 36.8 Å². The number of benzene rings is 2. The van der Waals surface area contributed by atoms with Gasteiger partial charge in [0, 0.05) is 13.2 Å². The SMILES string of the molecule is CCO[Si](C)(CC(C)COc1ccc(CS(=O)(=O)c2ccc(C)cc2)cc1)OCC. The van der Waals surface area contributed by atoms with E-state index in [1.165, 1.54) is 0 Å². The third kappa shape index (κ3) is 7.54. The summed E-state index contributed by atoms with van der Waals surface area (Å²) in [7, 11) is -5.53. The maximum Gasteiger partial charge on any atom is 0.335 e. The molecule has 0 aliphatic heterocycles. The fraction of sp³-hybridized carbons (Fsp3) is 0.478. The lowest BCUT2D eigenvalue weighted by molar-refractivity contribution is 0.176. The van der Waals surface area contributed by atoms with Crippen molar-refractivity contribution in [3.05, 3.63) is 59.7 Å². The van der Waals surface area contributed by atoms with E-state index < -0.39 is 18.4 Å². The first-order valence-electron chi connectivity index (χ1n) is 10.5. The number of rotatable bonds is 12. The molecule has 0 aliphatic rings. The van der Waals surface area contributed by atoms with E-state index in [4.69, 9.17) is 13.6 Å². The predicted octanol–water partition coefficient (Wildman–Crippen LogP) is 5.13. The minimum absolute atomic E-state index is 0.0284. The highest BCUT2D eigenvalue weighted by Crippen LogP contribution is 2.23. The second-order valence-electron chi connectivity index (χ2n) is 7.84. The molecule has 1 unspecified atom stereocenters. The summed E-state index contributed by atoms with van der Waals surface area (Å²) in [5.74, 6) is 0.996. The number of sulfone groups is 1. The molecule has 2 aromatic rings. The molecule has 0 spiro atoms. The van der Waals surface area contributed by atoms with E-state index in [0.29, 0.717) is 30.6 Å². The van der Waals surface area contributed by atoms with Crippen LogP contribution in [0.4, 0.5) is 0 Å². The van der Waals surface area contributed by atoms with Crippen molar-refractivity contribution in [2.75, 3.05) is 19.8 Å². The average Bonchev–Trinajstić information content (AvgIpc) is 2.68. The van der Waals surface area contributed by atoms with Crippen LogP contribution < -0.4 is 4.74 Å². The Bertz CT molecular complexity index is 873. The van der Waals surface area contributed by atoms with Gasteiger partial charge in [0.25, 0.3) is 0 Å². The zero-order valence-corrected chi connectivity index (χ0v) is 20.5. The zero-order valence-electron chi connectivity index (χ0n) is 18.7. The van der Waals surface area contributed by atoms with E-state index in [1.54, 1.807) is 12.1 Å². The molecule has 2 aromatic carbocycles. The molecule has 0 aromatic heterocycles. The van der Waals surface area contributed by atoms with E-state index in [-0.39, 0.29) is 5.75 Å². The molecule has 0 amide bonds. The number of aryl methyl sites for hydroxylation is 1. The molecule has 0 aliphatic carbocycles. The molecule has 0 fully saturated rings. The Hall–Kier alpha value is -1.67. The van der Waals surface area contributed by atoms with Crippen molar-refractivity contribution in [2.45, 2.75) is 50.9 Å². The number of ether oxygens (including phenoxy) is 1. The van der Waals surface area contributed by atoms with Gasteiger partial charge in [-0.3, -0.25) is 0 Å². The molecule has 2 rings (SSSR count). The maximum absolute atomic E-state index is 12.6. The van der Waals surface area contributed by atoms with Gasteiger partial charge in [0.1, 0.15) is 5.75 Å². The summed E-state index contributed by atoms with van der Waals surface area (Å²) in [5.41, 5.74) is 1.78. The van der Waals surface area contributed by atoms with Crippen LogP contribution >= 0.6 is 0 Å². The van der Waals surface area contributed by atoms with Gasteiger partial charge in [-0.05, 0) is 69.1 Å². The summed E-state index contributed by atoms with van der Waals surface area (Å²) >= 11 is 0. The van der Waals surface area contributed by atoms with Gasteiger partial charge in [-0.25, -0.2) is 8.42 Å². The van der Waals surface area contributed by atoms with Crippen LogP contribution in [0.15, 0.2) is 53.4 Å². The molecular formula is C23H34O5SSi. The molecular weight excluding hydrogens is 416 g/mol. The number of hydrogen-bond donors (Lipinski definition) is 0. The summed E-state index contributed by atoms with van der Waals surface area (Å²) in [6, 6.07) is 15.1. The standard InChI is InChI=1S/C23H34O5SSi/c1-6-27-30(5,28-7-2)18-20(4)16-26-22-12-10-21(11-13-22)17-29(24,25)23-14-8-19(3)9-15-23/h8-15,20H,6-7,16-18H2,1-5H3. The second-order valence-corrected chi connectivity index (χ2v) is 13.1. The molecule has 0 saturated carbocycles. The van der Waals surface area contributed by atoms with Gasteiger partial charge in [0.15, 0.2) is 9.84 Å². The smallest absolute Gasteiger partial charge is 0.335 e. The van der Waals surface area contributed by atoms with Crippen molar-refractivity contribution in [2.24, 2.45) is 5.92 Å². The minimum Gasteiger partial charge on any atom is -0.493 e. The Morgan fingerprint density at radius 1 is 0.933 bits per heavy atom. The minimum atomic E-state index is -3.36. The third-order valence-corrected chi connectivity index (χ3v) is 9.75. The summed E-state index contributed by atoms with van der Waals surface area (Å²) in [5, 5.41) is 0. The summed E-state index contributed by atoms with van der Waals surface area (Å²) in [4.78, 5) is 0.345. The quantitative estimate of drug-likeness (QED) is 0.420. The first-order chi connectivity index (χ1) is 14.2. The Kier molecular flexibility index (Phi) is 9.09. The van der Waals surface area contributed by atoms with E-state index in [2.05, 4.69) is 13.5 Å². The van der Waals surface area contributed by atoms with Crippen molar-refractivity contribution in [1.29, 1.82) is 0 Å². The van der Waals surface area contributed by atoms with E-state index in [1.807, 2.05) is 57.2 Å². The summed E-state index contributed by atoms with van der Waals surface area (Å²) in [6.45, 7) is 12.0. The largest absolute Gasteiger partial charge is 0.493 e. The molecule has 7 heteroatoms. The Labute approximate surface area is 182 Å². The molecule has 1 atom stereocenters. The molecule has 30 heavy (non-hydrogen) atoms. The predicted molar refractivity (Wildman–Crippen MR) is 123 cm³/mol. The van der Waals surface area contributed by atoms with Crippen molar-refractivity contribution >= 4 is 18.4 Å². The van der Waals surface area contributed by atoms with E-state index in [9.17, 15) is 8.42 Å². The number of hydrogen-bond acceptors (Lipinski definition) is 5. The lowest BCUT2D eigenvalue weighted by atomic mass is 10.2.